The van der Waals surface area contributed by atoms with Crippen LogP contribution < -0.4 is 14.4 Å². The molecule has 0 aromatic heterocycles. The van der Waals surface area contributed by atoms with Crippen molar-refractivity contribution in [2.45, 2.75) is 32.4 Å². The molecule has 4 heteroatoms. The lowest BCUT2D eigenvalue weighted by atomic mass is 10.1. The molecule has 2 aromatic rings. The number of amides is 1. The van der Waals surface area contributed by atoms with Gasteiger partial charge in [-0.15, -0.1) is 0 Å². The molecule has 2 atom stereocenters. The molecular weight excluding hydrogens is 290 g/mol. The van der Waals surface area contributed by atoms with Crippen molar-refractivity contribution in [3.05, 3.63) is 54.1 Å². The van der Waals surface area contributed by atoms with Gasteiger partial charge >= 0.3 is 0 Å². The highest BCUT2D eigenvalue weighted by molar-refractivity contribution is 5.99. The summed E-state index contributed by atoms with van der Waals surface area (Å²) in [5.41, 5.74) is 2.20. The lowest BCUT2D eigenvalue weighted by Crippen LogP contribution is -2.43. The van der Waals surface area contributed by atoms with E-state index in [1.165, 1.54) is 5.56 Å². The van der Waals surface area contributed by atoms with E-state index in [2.05, 4.69) is 13.0 Å². The van der Waals surface area contributed by atoms with Crippen molar-refractivity contribution in [2.75, 3.05) is 12.0 Å². The molecule has 1 amide bonds. The maximum absolute atomic E-state index is 12.8. The number of rotatable bonds is 4. The van der Waals surface area contributed by atoms with Crippen LogP contribution in [0.1, 0.15) is 19.4 Å². The molecule has 1 heterocycles. The maximum atomic E-state index is 12.8. The molecule has 2 aromatic carbocycles. The summed E-state index contributed by atoms with van der Waals surface area (Å²) in [6.45, 7) is 3.85. The van der Waals surface area contributed by atoms with Gasteiger partial charge in [-0.2, -0.15) is 0 Å². The molecule has 0 saturated heterocycles. The van der Waals surface area contributed by atoms with Gasteiger partial charge in [0.1, 0.15) is 11.5 Å². The molecule has 0 N–H and O–H groups in total. The molecule has 0 radical (unpaired) electrons. The largest absolute Gasteiger partial charge is 0.497 e. The first kappa shape index (κ1) is 15.4. The predicted molar refractivity (Wildman–Crippen MR) is 90.2 cm³/mol. The van der Waals surface area contributed by atoms with Crippen LogP contribution in [0.25, 0.3) is 0 Å². The summed E-state index contributed by atoms with van der Waals surface area (Å²) in [5.74, 6) is 1.32. The topological polar surface area (TPSA) is 38.8 Å². The second-order valence-corrected chi connectivity index (χ2v) is 5.83. The van der Waals surface area contributed by atoms with Crippen molar-refractivity contribution in [1.29, 1.82) is 0 Å². The minimum absolute atomic E-state index is 0.0229. The third kappa shape index (κ3) is 3.02. The number of ether oxygens (including phenoxy) is 2. The second kappa shape index (κ2) is 6.32. The number of fused-ring (bicyclic) bond motifs is 1. The summed E-state index contributed by atoms with van der Waals surface area (Å²) in [5, 5.41) is 0. The quantitative estimate of drug-likeness (QED) is 0.868. The van der Waals surface area contributed by atoms with Crippen molar-refractivity contribution in [3.63, 3.8) is 0 Å². The summed E-state index contributed by atoms with van der Waals surface area (Å²) >= 11 is 0. The van der Waals surface area contributed by atoms with Gasteiger partial charge in [0, 0.05) is 17.8 Å². The number of benzene rings is 2. The van der Waals surface area contributed by atoms with E-state index in [9.17, 15) is 4.79 Å². The summed E-state index contributed by atoms with van der Waals surface area (Å²) in [4.78, 5) is 14.7. The average molecular weight is 311 g/mol. The van der Waals surface area contributed by atoms with Crippen LogP contribution in [-0.4, -0.2) is 25.2 Å². The molecule has 1 aliphatic heterocycles. The van der Waals surface area contributed by atoms with E-state index in [0.717, 1.165) is 12.1 Å². The van der Waals surface area contributed by atoms with Crippen LogP contribution in [0.15, 0.2) is 48.5 Å². The van der Waals surface area contributed by atoms with Crippen LogP contribution in [0.3, 0.4) is 0 Å². The highest BCUT2D eigenvalue weighted by Crippen LogP contribution is 2.32. The van der Waals surface area contributed by atoms with Crippen molar-refractivity contribution in [2.24, 2.45) is 0 Å². The van der Waals surface area contributed by atoms with Gasteiger partial charge in [0.2, 0.25) is 0 Å². The van der Waals surface area contributed by atoms with E-state index >= 15 is 0 Å². The molecular formula is C19H21NO3. The molecule has 1 aliphatic rings. The van der Waals surface area contributed by atoms with E-state index in [1.807, 2.05) is 41.3 Å². The maximum Gasteiger partial charge on any atom is 0.268 e. The number of carbonyl (C=O) groups is 1. The zero-order valence-corrected chi connectivity index (χ0v) is 13.7. The third-order valence-electron chi connectivity index (χ3n) is 4.15. The Balaban J connectivity index is 1.77. The lowest BCUT2D eigenvalue weighted by Gasteiger charge is -2.26. The molecule has 120 valence electrons. The fourth-order valence-corrected chi connectivity index (χ4v) is 3.03. The average Bonchev–Trinajstić information content (AvgIpc) is 2.90. The van der Waals surface area contributed by atoms with Crippen LogP contribution in [-0.2, 0) is 11.2 Å². The summed E-state index contributed by atoms with van der Waals surface area (Å²) in [6, 6.07) is 15.5. The highest BCUT2D eigenvalue weighted by Gasteiger charge is 2.33. The minimum Gasteiger partial charge on any atom is -0.497 e. The summed E-state index contributed by atoms with van der Waals surface area (Å²) in [7, 11) is 1.61. The smallest absolute Gasteiger partial charge is 0.268 e. The Hall–Kier alpha value is -2.49. The van der Waals surface area contributed by atoms with Crippen LogP contribution >= 0.6 is 0 Å². The zero-order chi connectivity index (χ0) is 16.4. The van der Waals surface area contributed by atoms with E-state index in [4.69, 9.17) is 9.47 Å². The Kier molecular flexibility index (Phi) is 4.24. The monoisotopic (exact) mass is 311 g/mol. The predicted octanol–water partition coefficient (Wildman–Crippen LogP) is 3.44. The Morgan fingerprint density at radius 2 is 1.91 bits per heavy atom. The standard InChI is InChI=1S/C19H21NO3/c1-13-11-15-7-4-5-10-18(15)20(13)19(21)14(2)23-17-9-6-8-16(12-17)22-3/h4-10,12-14H,11H2,1-3H3/t13-,14-/m1/s1. The molecule has 0 spiro atoms. The zero-order valence-electron chi connectivity index (χ0n) is 13.7. The molecule has 3 rings (SSSR count). The fourth-order valence-electron chi connectivity index (χ4n) is 3.03. The SMILES string of the molecule is COc1cccc(O[C@H](C)C(=O)N2c3ccccc3C[C@H]2C)c1. The van der Waals surface area contributed by atoms with E-state index in [0.29, 0.717) is 11.5 Å². The van der Waals surface area contributed by atoms with Gasteiger partial charge in [0.25, 0.3) is 5.91 Å². The Bertz CT molecular complexity index is 713. The number of carbonyl (C=O) groups excluding carboxylic acids is 1. The van der Waals surface area contributed by atoms with Gasteiger partial charge in [-0.25, -0.2) is 0 Å². The molecule has 0 fully saturated rings. The van der Waals surface area contributed by atoms with Crippen molar-refractivity contribution in [3.8, 4) is 11.5 Å². The van der Waals surface area contributed by atoms with Crippen LogP contribution in [0.2, 0.25) is 0 Å². The van der Waals surface area contributed by atoms with E-state index < -0.39 is 6.10 Å². The number of para-hydroxylation sites is 1. The number of anilines is 1. The summed E-state index contributed by atoms with van der Waals surface area (Å²) < 4.78 is 11.0. The summed E-state index contributed by atoms with van der Waals surface area (Å²) in [6.07, 6.45) is 0.323. The Morgan fingerprint density at radius 1 is 1.17 bits per heavy atom. The molecule has 0 aliphatic carbocycles. The van der Waals surface area contributed by atoms with Gasteiger partial charge in [0.15, 0.2) is 6.10 Å². The van der Waals surface area contributed by atoms with Crippen molar-refractivity contribution in [1.82, 2.24) is 0 Å². The normalized spacial score (nSPS) is 17.5. The first-order valence-corrected chi connectivity index (χ1v) is 7.82. The van der Waals surface area contributed by atoms with Crippen molar-refractivity contribution < 1.29 is 14.3 Å². The van der Waals surface area contributed by atoms with Gasteiger partial charge in [-0.3, -0.25) is 4.79 Å². The molecule has 0 saturated carbocycles. The molecule has 0 bridgehead atoms. The van der Waals surface area contributed by atoms with Crippen LogP contribution in [0.4, 0.5) is 5.69 Å². The van der Waals surface area contributed by atoms with Gasteiger partial charge < -0.3 is 14.4 Å². The van der Waals surface area contributed by atoms with Gasteiger partial charge in [-0.05, 0) is 44.0 Å². The Labute approximate surface area is 136 Å². The van der Waals surface area contributed by atoms with E-state index in [1.54, 1.807) is 20.1 Å². The lowest BCUT2D eigenvalue weighted by molar-refractivity contribution is -0.124. The Morgan fingerprint density at radius 3 is 2.70 bits per heavy atom. The van der Waals surface area contributed by atoms with Crippen molar-refractivity contribution >= 4 is 11.6 Å². The van der Waals surface area contributed by atoms with Gasteiger partial charge in [0.05, 0.1) is 7.11 Å². The van der Waals surface area contributed by atoms with E-state index in [-0.39, 0.29) is 11.9 Å². The fraction of sp³-hybridized carbons (Fsp3) is 0.316. The number of methoxy groups -OCH3 is 1. The van der Waals surface area contributed by atoms with Crippen LogP contribution in [0.5, 0.6) is 11.5 Å². The highest BCUT2D eigenvalue weighted by atomic mass is 16.5. The molecule has 23 heavy (non-hydrogen) atoms. The minimum atomic E-state index is -0.560. The van der Waals surface area contributed by atoms with Gasteiger partial charge in [-0.1, -0.05) is 24.3 Å². The third-order valence-corrected chi connectivity index (χ3v) is 4.15. The number of hydrogen-bond donors (Lipinski definition) is 0. The molecule has 4 nitrogen and oxygen atoms in total. The molecule has 0 unspecified atom stereocenters. The first-order valence-electron chi connectivity index (χ1n) is 7.82. The number of hydrogen-bond acceptors (Lipinski definition) is 3. The first-order chi connectivity index (χ1) is 11.1. The number of nitrogens with zero attached hydrogens (tertiary/aromatic N) is 1. The second-order valence-electron chi connectivity index (χ2n) is 5.83. The van der Waals surface area contributed by atoms with Crippen LogP contribution in [0, 0.1) is 0 Å².